The third-order valence-corrected chi connectivity index (χ3v) is 5.63. The van der Waals surface area contributed by atoms with Gasteiger partial charge in [0.15, 0.2) is 5.96 Å². The lowest BCUT2D eigenvalue weighted by atomic mass is 10.1. The number of likely N-dealkylation sites (tertiary alicyclic amines) is 1. The fourth-order valence-corrected chi connectivity index (χ4v) is 4.01. The Bertz CT molecular complexity index is 716. The largest absolute Gasteiger partial charge is 0.357 e. The van der Waals surface area contributed by atoms with E-state index in [9.17, 15) is 0 Å². The molecular weight excluding hydrogens is 354 g/mol. The summed E-state index contributed by atoms with van der Waals surface area (Å²) in [6.45, 7) is 9.94. The van der Waals surface area contributed by atoms with Crippen LogP contribution in [0.15, 0.2) is 35.5 Å². The molecule has 1 aromatic heterocycles. The minimum absolute atomic E-state index is 0.677. The van der Waals surface area contributed by atoms with E-state index in [2.05, 4.69) is 58.6 Å². The minimum Gasteiger partial charge on any atom is -0.357 e. The number of benzene rings is 1. The highest BCUT2D eigenvalue weighted by Crippen LogP contribution is 2.14. The number of nitrogens with zero attached hydrogens (tertiary/aromatic N) is 3. The van der Waals surface area contributed by atoms with E-state index in [4.69, 9.17) is 4.99 Å². The Morgan fingerprint density at radius 2 is 1.85 bits per heavy atom. The number of nitrogens with one attached hydrogen (secondary N) is 2. The second-order valence-corrected chi connectivity index (χ2v) is 8.39. The highest BCUT2D eigenvalue weighted by atomic mass is 32.1. The molecule has 146 valence electrons. The van der Waals surface area contributed by atoms with E-state index in [0.29, 0.717) is 13.1 Å². The molecule has 1 aliphatic rings. The topological polar surface area (TPSA) is 52.6 Å². The van der Waals surface area contributed by atoms with Gasteiger partial charge in [0, 0.05) is 24.2 Å². The molecule has 2 N–H and O–H groups in total. The maximum atomic E-state index is 4.71. The monoisotopic (exact) mass is 385 g/mol. The number of rotatable bonds is 7. The van der Waals surface area contributed by atoms with Crippen LogP contribution in [0.25, 0.3) is 0 Å². The summed E-state index contributed by atoms with van der Waals surface area (Å²) in [6.07, 6.45) is 5.98. The summed E-state index contributed by atoms with van der Waals surface area (Å²) < 4.78 is 0. The molecule has 1 fully saturated rings. The molecular formula is C21H31N5S. The summed E-state index contributed by atoms with van der Waals surface area (Å²) in [5.41, 5.74) is 2.63. The van der Waals surface area contributed by atoms with Crippen LogP contribution in [0.3, 0.4) is 0 Å². The summed E-state index contributed by atoms with van der Waals surface area (Å²) in [6, 6.07) is 8.91. The molecule has 0 amide bonds. The highest BCUT2D eigenvalue weighted by molar-refractivity contribution is 7.11. The first-order valence-corrected chi connectivity index (χ1v) is 10.8. The summed E-state index contributed by atoms with van der Waals surface area (Å²) >= 11 is 1.72. The van der Waals surface area contributed by atoms with E-state index in [1.54, 1.807) is 11.3 Å². The Morgan fingerprint density at radius 1 is 1.11 bits per heavy atom. The summed E-state index contributed by atoms with van der Waals surface area (Å²) in [7, 11) is 0. The van der Waals surface area contributed by atoms with Gasteiger partial charge < -0.3 is 10.6 Å². The number of aryl methyl sites for hydroxylation is 1. The Labute approximate surface area is 166 Å². The summed E-state index contributed by atoms with van der Waals surface area (Å²) in [4.78, 5) is 12.9. The van der Waals surface area contributed by atoms with Gasteiger partial charge in [-0.25, -0.2) is 9.98 Å². The zero-order valence-corrected chi connectivity index (χ0v) is 17.3. The van der Waals surface area contributed by atoms with Crippen molar-refractivity contribution in [2.24, 2.45) is 4.99 Å². The van der Waals surface area contributed by atoms with E-state index >= 15 is 0 Å². The van der Waals surface area contributed by atoms with Gasteiger partial charge in [0.05, 0.1) is 13.1 Å². The van der Waals surface area contributed by atoms with Gasteiger partial charge in [-0.05, 0) is 50.9 Å². The van der Waals surface area contributed by atoms with Gasteiger partial charge >= 0.3 is 0 Å². The molecule has 27 heavy (non-hydrogen) atoms. The molecule has 1 aliphatic heterocycles. The molecule has 0 aliphatic carbocycles. The van der Waals surface area contributed by atoms with Crippen LogP contribution in [0.2, 0.25) is 0 Å². The summed E-state index contributed by atoms with van der Waals surface area (Å²) in [5, 5.41) is 7.75. The lowest BCUT2D eigenvalue weighted by molar-refractivity contribution is 0.221. The van der Waals surface area contributed by atoms with Crippen LogP contribution in [-0.4, -0.2) is 35.5 Å². The fourth-order valence-electron chi connectivity index (χ4n) is 3.28. The molecule has 0 radical (unpaired) electrons. The van der Waals surface area contributed by atoms with E-state index in [1.807, 2.05) is 6.20 Å². The van der Waals surface area contributed by atoms with Crippen molar-refractivity contribution in [3.63, 3.8) is 0 Å². The Morgan fingerprint density at radius 3 is 2.52 bits per heavy atom. The van der Waals surface area contributed by atoms with Crippen molar-refractivity contribution in [1.29, 1.82) is 0 Å². The predicted octanol–water partition coefficient (Wildman–Crippen LogP) is 3.69. The second-order valence-electron chi connectivity index (χ2n) is 7.07. The second kappa shape index (κ2) is 10.4. The molecule has 1 aromatic carbocycles. The van der Waals surface area contributed by atoms with Gasteiger partial charge in [-0.15, -0.1) is 11.3 Å². The number of hydrogen-bond acceptors (Lipinski definition) is 4. The molecule has 6 heteroatoms. The van der Waals surface area contributed by atoms with Crippen molar-refractivity contribution >= 4 is 17.3 Å². The molecule has 1 saturated heterocycles. The van der Waals surface area contributed by atoms with Crippen molar-refractivity contribution in [2.45, 2.75) is 52.7 Å². The lowest BCUT2D eigenvalue weighted by Gasteiger charge is -2.26. The van der Waals surface area contributed by atoms with Crippen LogP contribution >= 0.6 is 11.3 Å². The number of piperidine rings is 1. The Hall–Kier alpha value is -1.92. The van der Waals surface area contributed by atoms with Crippen molar-refractivity contribution in [3.05, 3.63) is 51.5 Å². The predicted molar refractivity (Wildman–Crippen MR) is 114 cm³/mol. The molecule has 0 unspecified atom stereocenters. The SMILES string of the molecule is CCNC(=NCc1ccc(CN2CCCCC2)cc1)NCc1ncc(C)s1. The highest BCUT2D eigenvalue weighted by Gasteiger charge is 2.10. The first-order chi connectivity index (χ1) is 13.2. The van der Waals surface area contributed by atoms with Crippen molar-refractivity contribution in [1.82, 2.24) is 20.5 Å². The van der Waals surface area contributed by atoms with Gasteiger partial charge in [-0.3, -0.25) is 4.90 Å². The maximum absolute atomic E-state index is 4.71. The third kappa shape index (κ3) is 6.63. The quantitative estimate of drug-likeness (QED) is 0.564. The van der Waals surface area contributed by atoms with Crippen LogP contribution in [0.5, 0.6) is 0 Å². The van der Waals surface area contributed by atoms with Crippen molar-refractivity contribution in [2.75, 3.05) is 19.6 Å². The van der Waals surface area contributed by atoms with Gasteiger partial charge in [0.1, 0.15) is 5.01 Å². The van der Waals surface area contributed by atoms with Crippen molar-refractivity contribution in [3.8, 4) is 0 Å². The normalized spacial score (nSPS) is 15.7. The zero-order chi connectivity index (χ0) is 18.9. The smallest absolute Gasteiger partial charge is 0.191 e. The van der Waals surface area contributed by atoms with Gasteiger partial charge in [-0.2, -0.15) is 0 Å². The average Bonchev–Trinajstić information content (AvgIpc) is 3.11. The van der Waals surface area contributed by atoms with E-state index in [0.717, 1.165) is 24.1 Å². The molecule has 5 nitrogen and oxygen atoms in total. The molecule has 2 aromatic rings. The van der Waals surface area contributed by atoms with Crippen LogP contribution in [0.1, 0.15) is 47.2 Å². The molecule has 3 rings (SSSR count). The van der Waals surface area contributed by atoms with E-state index in [-0.39, 0.29) is 0 Å². The van der Waals surface area contributed by atoms with Crippen molar-refractivity contribution < 1.29 is 0 Å². The van der Waals surface area contributed by atoms with Crippen LogP contribution < -0.4 is 10.6 Å². The third-order valence-electron chi connectivity index (χ3n) is 4.72. The zero-order valence-electron chi connectivity index (χ0n) is 16.5. The summed E-state index contributed by atoms with van der Waals surface area (Å²) in [5.74, 6) is 0.836. The standard InChI is InChI=1S/C21H31N5S/c1-3-22-21(25-15-20-23-13-17(2)27-20)24-14-18-7-9-19(10-8-18)16-26-11-5-4-6-12-26/h7-10,13H,3-6,11-12,14-16H2,1-2H3,(H2,22,24,25). The van der Waals surface area contributed by atoms with Crippen LogP contribution in [0.4, 0.5) is 0 Å². The van der Waals surface area contributed by atoms with Gasteiger partial charge in [0.25, 0.3) is 0 Å². The number of hydrogen-bond donors (Lipinski definition) is 2. The fraction of sp³-hybridized carbons (Fsp3) is 0.524. The van der Waals surface area contributed by atoms with Gasteiger partial charge in [-0.1, -0.05) is 30.7 Å². The van der Waals surface area contributed by atoms with Crippen LogP contribution in [0, 0.1) is 6.92 Å². The van der Waals surface area contributed by atoms with Crippen LogP contribution in [-0.2, 0) is 19.6 Å². The lowest BCUT2D eigenvalue weighted by Crippen LogP contribution is -2.36. The first-order valence-electron chi connectivity index (χ1n) is 9.96. The molecule has 0 saturated carbocycles. The minimum atomic E-state index is 0.677. The van der Waals surface area contributed by atoms with E-state index < -0.39 is 0 Å². The number of aromatic nitrogens is 1. The Balaban J connectivity index is 1.51. The molecule has 0 spiro atoms. The molecule has 0 atom stereocenters. The van der Waals surface area contributed by atoms with E-state index in [1.165, 1.54) is 48.4 Å². The maximum Gasteiger partial charge on any atom is 0.191 e. The first kappa shape index (κ1) is 19.8. The Kier molecular flexibility index (Phi) is 7.66. The number of guanidine groups is 1. The number of aliphatic imine (C=N–C) groups is 1. The number of thiazole rings is 1. The molecule has 2 heterocycles. The average molecular weight is 386 g/mol. The van der Waals surface area contributed by atoms with Gasteiger partial charge in [0.2, 0.25) is 0 Å². The molecule has 0 bridgehead atoms.